The van der Waals surface area contributed by atoms with Gasteiger partial charge in [0.2, 0.25) is 5.91 Å². The van der Waals surface area contributed by atoms with E-state index in [2.05, 4.69) is 15.2 Å². The van der Waals surface area contributed by atoms with Crippen LogP contribution >= 0.6 is 0 Å². The van der Waals surface area contributed by atoms with Crippen LogP contribution in [-0.4, -0.2) is 54.7 Å². The van der Waals surface area contributed by atoms with Gasteiger partial charge < -0.3 is 14.6 Å². The smallest absolute Gasteiger partial charge is 0.330 e. The Labute approximate surface area is 145 Å². The van der Waals surface area contributed by atoms with Gasteiger partial charge in [-0.15, -0.1) is 0 Å². The van der Waals surface area contributed by atoms with Gasteiger partial charge in [-0.1, -0.05) is 0 Å². The van der Waals surface area contributed by atoms with Gasteiger partial charge in [0.05, 0.1) is 6.20 Å². The number of aromatic nitrogens is 4. The molecule has 1 amide bonds. The second kappa shape index (κ2) is 7.08. The summed E-state index contributed by atoms with van der Waals surface area (Å²) < 4.78 is 1.73. The molecule has 0 saturated carbocycles. The number of piperidine rings is 1. The van der Waals surface area contributed by atoms with Crippen LogP contribution in [0.15, 0.2) is 24.8 Å². The summed E-state index contributed by atoms with van der Waals surface area (Å²) >= 11 is 0. The second-order valence-electron chi connectivity index (χ2n) is 6.52. The zero-order valence-corrected chi connectivity index (χ0v) is 14.3. The summed E-state index contributed by atoms with van der Waals surface area (Å²) in [6.07, 6.45) is 9.76. The van der Waals surface area contributed by atoms with Gasteiger partial charge in [-0.25, -0.2) is 9.78 Å². The van der Waals surface area contributed by atoms with Crippen molar-refractivity contribution in [1.29, 1.82) is 0 Å². The Hall–Kier alpha value is -2.64. The summed E-state index contributed by atoms with van der Waals surface area (Å²) in [5.41, 5.74) is 0.0839. The molecule has 0 bridgehead atoms. The van der Waals surface area contributed by atoms with E-state index in [1.165, 1.54) is 0 Å². The van der Waals surface area contributed by atoms with E-state index < -0.39 is 11.5 Å². The minimum atomic E-state index is -1.01. The number of rotatable bonds is 6. The molecule has 1 fully saturated rings. The lowest BCUT2D eigenvalue weighted by Crippen LogP contribution is -2.52. The van der Waals surface area contributed by atoms with Crippen LogP contribution in [0.25, 0.3) is 0 Å². The normalized spacial score (nSPS) is 16.8. The van der Waals surface area contributed by atoms with E-state index in [1.54, 1.807) is 35.0 Å². The molecule has 3 heterocycles. The predicted octanol–water partition coefficient (Wildman–Crippen LogP) is 1.34. The van der Waals surface area contributed by atoms with E-state index >= 15 is 0 Å². The Balaban J connectivity index is 1.57. The van der Waals surface area contributed by atoms with Crippen LogP contribution in [0.1, 0.15) is 37.1 Å². The van der Waals surface area contributed by atoms with Gasteiger partial charge in [-0.2, -0.15) is 5.10 Å². The molecule has 1 aliphatic rings. The minimum Gasteiger partial charge on any atom is -0.479 e. The lowest BCUT2D eigenvalue weighted by molar-refractivity contribution is -0.152. The van der Waals surface area contributed by atoms with Crippen molar-refractivity contribution >= 4 is 11.9 Å². The molecule has 8 heteroatoms. The topological polar surface area (TPSA) is 104 Å². The molecule has 0 radical (unpaired) electrons. The van der Waals surface area contributed by atoms with E-state index in [0.717, 1.165) is 18.4 Å². The molecular weight excluding hydrogens is 322 g/mol. The van der Waals surface area contributed by atoms with Crippen molar-refractivity contribution in [2.24, 2.45) is 0 Å². The number of imidazole rings is 1. The Bertz CT molecular complexity index is 729. The molecule has 3 rings (SSSR count). The standard InChI is InChI=1S/C17H23N5O3/c1-13-18-7-10-22(13)17(16(24)25)5-8-21(9-6-17)15(23)4-2-3-14-11-19-20-12-14/h7,10-12H,2-6,8-9H2,1H3,(H,19,20)(H,24,25). The summed E-state index contributed by atoms with van der Waals surface area (Å²) in [7, 11) is 0. The third kappa shape index (κ3) is 3.42. The second-order valence-corrected chi connectivity index (χ2v) is 6.52. The number of likely N-dealkylation sites (tertiary alicyclic amines) is 1. The molecule has 0 aliphatic carbocycles. The number of nitrogens with one attached hydrogen (secondary N) is 1. The van der Waals surface area contributed by atoms with E-state index in [1.807, 2.05) is 6.20 Å². The van der Waals surface area contributed by atoms with Gasteiger partial charge in [0.1, 0.15) is 11.4 Å². The van der Waals surface area contributed by atoms with E-state index in [-0.39, 0.29) is 5.91 Å². The van der Waals surface area contributed by atoms with Crippen LogP contribution in [0.3, 0.4) is 0 Å². The highest BCUT2D eigenvalue weighted by Gasteiger charge is 2.44. The fourth-order valence-electron chi connectivity index (χ4n) is 3.53. The van der Waals surface area contributed by atoms with Crippen LogP contribution < -0.4 is 0 Å². The summed E-state index contributed by atoms with van der Waals surface area (Å²) in [5.74, 6) is -0.0900. The summed E-state index contributed by atoms with van der Waals surface area (Å²) in [6, 6.07) is 0. The zero-order valence-electron chi connectivity index (χ0n) is 14.3. The fourth-order valence-corrected chi connectivity index (χ4v) is 3.53. The highest BCUT2D eigenvalue weighted by Crippen LogP contribution is 2.32. The molecule has 134 valence electrons. The summed E-state index contributed by atoms with van der Waals surface area (Å²) in [6.45, 7) is 2.71. The van der Waals surface area contributed by atoms with Crippen molar-refractivity contribution in [1.82, 2.24) is 24.6 Å². The number of carbonyl (C=O) groups excluding carboxylic acids is 1. The third-order valence-electron chi connectivity index (χ3n) is 5.04. The Morgan fingerprint density at radius 3 is 2.68 bits per heavy atom. The van der Waals surface area contributed by atoms with Gasteiger partial charge in [0.25, 0.3) is 0 Å². The maximum absolute atomic E-state index is 12.4. The monoisotopic (exact) mass is 345 g/mol. The van der Waals surface area contributed by atoms with Crippen molar-refractivity contribution in [2.75, 3.05) is 13.1 Å². The van der Waals surface area contributed by atoms with Gasteiger partial charge in [-0.05, 0) is 38.2 Å². The molecule has 0 atom stereocenters. The van der Waals surface area contributed by atoms with Gasteiger partial charge in [-0.3, -0.25) is 9.89 Å². The van der Waals surface area contributed by atoms with Crippen LogP contribution in [0, 0.1) is 6.92 Å². The van der Waals surface area contributed by atoms with Crippen molar-refractivity contribution in [2.45, 2.75) is 44.6 Å². The molecule has 2 N–H and O–H groups in total. The fraction of sp³-hybridized carbons (Fsp3) is 0.529. The number of hydrogen-bond donors (Lipinski definition) is 2. The first-order valence-corrected chi connectivity index (χ1v) is 8.52. The lowest BCUT2D eigenvalue weighted by atomic mass is 9.86. The molecule has 25 heavy (non-hydrogen) atoms. The Kier molecular flexibility index (Phi) is 4.87. The number of carbonyl (C=O) groups is 2. The summed E-state index contributed by atoms with van der Waals surface area (Å²) in [5, 5.41) is 16.4. The number of nitrogens with zero attached hydrogens (tertiary/aromatic N) is 4. The number of aliphatic carboxylic acids is 1. The number of carboxylic acid groups (broad SMARTS) is 1. The highest BCUT2D eigenvalue weighted by atomic mass is 16.4. The van der Waals surface area contributed by atoms with Gasteiger partial charge in [0, 0.05) is 38.1 Å². The maximum atomic E-state index is 12.4. The molecule has 2 aromatic rings. The molecule has 8 nitrogen and oxygen atoms in total. The van der Waals surface area contributed by atoms with E-state index in [0.29, 0.717) is 38.2 Å². The number of hydrogen-bond acceptors (Lipinski definition) is 4. The SMILES string of the molecule is Cc1nccn1C1(C(=O)O)CCN(C(=O)CCCc2cn[nH]c2)CC1. The molecule has 0 aromatic carbocycles. The molecule has 0 spiro atoms. The van der Waals surface area contributed by atoms with Crippen LogP contribution in [-0.2, 0) is 21.5 Å². The van der Waals surface area contributed by atoms with E-state index in [4.69, 9.17) is 0 Å². The van der Waals surface area contributed by atoms with Crippen LogP contribution in [0.2, 0.25) is 0 Å². The van der Waals surface area contributed by atoms with Gasteiger partial charge in [0.15, 0.2) is 0 Å². The van der Waals surface area contributed by atoms with E-state index in [9.17, 15) is 14.7 Å². The van der Waals surface area contributed by atoms with Crippen LogP contribution in [0.4, 0.5) is 0 Å². The Morgan fingerprint density at radius 2 is 2.12 bits per heavy atom. The first-order valence-electron chi connectivity index (χ1n) is 8.52. The van der Waals surface area contributed by atoms with Crippen molar-refractivity contribution in [3.8, 4) is 0 Å². The number of aryl methyl sites for hydroxylation is 2. The molecule has 2 aromatic heterocycles. The summed E-state index contributed by atoms with van der Waals surface area (Å²) in [4.78, 5) is 30.3. The average molecular weight is 345 g/mol. The molecule has 0 unspecified atom stereocenters. The number of carboxylic acids is 1. The number of H-pyrrole nitrogens is 1. The minimum absolute atomic E-state index is 0.0878. The largest absolute Gasteiger partial charge is 0.479 e. The van der Waals surface area contributed by atoms with Crippen molar-refractivity contribution < 1.29 is 14.7 Å². The van der Waals surface area contributed by atoms with Crippen molar-refractivity contribution in [3.63, 3.8) is 0 Å². The number of amides is 1. The quantitative estimate of drug-likeness (QED) is 0.822. The molecule has 1 saturated heterocycles. The van der Waals surface area contributed by atoms with Crippen molar-refractivity contribution in [3.05, 3.63) is 36.2 Å². The zero-order chi connectivity index (χ0) is 17.9. The first-order chi connectivity index (χ1) is 12.0. The maximum Gasteiger partial charge on any atom is 0.330 e. The van der Waals surface area contributed by atoms with Crippen LogP contribution in [0.5, 0.6) is 0 Å². The third-order valence-corrected chi connectivity index (χ3v) is 5.04. The Morgan fingerprint density at radius 1 is 1.36 bits per heavy atom. The molecular formula is C17H23N5O3. The molecule has 1 aliphatic heterocycles. The van der Waals surface area contributed by atoms with Gasteiger partial charge >= 0.3 is 5.97 Å². The highest BCUT2D eigenvalue weighted by molar-refractivity contribution is 5.79. The average Bonchev–Trinajstić information content (AvgIpc) is 3.26. The predicted molar refractivity (Wildman–Crippen MR) is 89.9 cm³/mol. The lowest BCUT2D eigenvalue weighted by Gasteiger charge is -2.40. The number of aromatic amines is 1. The first kappa shape index (κ1) is 17.2.